The number of hydrogen-bond donors (Lipinski definition) is 4. The third kappa shape index (κ3) is 6.94. The molecule has 0 unspecified atom stereocenters. The van der Waals surface area contributed by atoms with Gasteiger partial charge in [-0.3, -0.25) is 5.43 Å². The number of urea groups is 1. The SMILES string of the molecule is CCOc1cc([C@@H]2NC(=O)NC(C)=C2C(=O)OC)ccc1OC[C@H](O)N/N=C\c1c(C)n(Cc2ccccc2)c2ccccc12. The molecular weight excluding hydrogens is 574 g/mol. The molecule has 0 aliphatic carbocycles. The molecule has 0 spiro atoms. The fourth-order valence-electron chi connectivity index (χ4n) is 5.40. The molecule has 234 valence electrons. The van der Waals surface area contributed by atoms with E-state index in [0.717, 1.165) is 28.7 Å². The number of nitrogens with one attached hydrogen (secondary N) is 3. The number of benzene rings is 3. The Hall–Kier alpha value is -5.29. The van der Waals surface area contributed by atoms with Crippen molar-refractivity contribution in [1.29, 1.82) is 0 Å². The first-order valence-corrected chi connectivity index (χ1v) is 14.6. The summed E-state index contributed by atoms with van der Waals surface area (Å²) >= 11 is 0. The molecule has 2 atom stereocenters. The lowest BCUT2D eigenvalue weighted by molar-refractivity contribution is -0.136. The minimum absolute atomic E-state index is 0.123. The van der Waals surface area contributed by atoms with Crippen LogP contribution in [0.2, 0.25) is 0 Å². The van der Waals surface area contributed by atoms with E-state index in [1.54, 1.807) is 31.3 Å². The van der Waals surface area contributed by atoms with Gasteiger partial charge in [0.1, 0.15) is 6.61 Å². The summed E-state index contributed by atoms with van der Waals surface area (Å²) in [5.74, 6) is 0.210. The number of ether oxygens (including phenoxy) is 3. The van der Waals surface area contributed by atoms with Crippen molar-refractivity contribution < 1.29 is 28.9 Å². The van der Waals surface area contributed by atoms with Crippen LogP contribution < -0.4 is 25.5 Å². The summed E-state index contributed by atoms with van der Waals surface area (Å²) in [6.07, 6.45) is 0.596. The summed E-state index contributed by atoms with van der Waals surface area (Å²) in [6.45, 7) is 6.48. The van der Waals surface area contributed by atoms with Crippen molar-refractivity contribution in [3.8, 4) is 11.5 Å². The number of esters is 1. The molecule has 0 saturated heterocycles. The zero-order valence-corrected chi connectivity index (χ0v) is 25.7. The van der Waals surface area contributed by atoms with Crippen LogP contribution in [0.25, 0.3) is 10.9 Å². The zero-order chi connectivity index (χ0) is 31.9. The number of para-hydroxylation sites is 1. The summed E-state index contributed by atoms with van der Waals surface area (Å²) < 4.78 is 18.9. The number of aromatic nitrogens is 1. The van der Waals surface area contributed by atoms with Gasteiger partial charge >= 0.3 is 12.0 Å². The average molecular weight is 612 g/mol. The van der Waals surface area contributed by atoms with Crippen LogP contribution in [-0.2, 0) is 16.1 Å². The van der Waals surface area contributed by atoms with Gasteiger partial charge < -0.3 is 34.5 Å². The topological polar surface area (TPSA) is 135 Å². The molecular formula is C34H37N5O6. The third-order valence-electron chi connectivity index (χ3n) is 7.55. The van der Waals surface area contributed by atoms with Crippen molar-refractivity contribution in [1.82, 2.24) is 20.6 Å². The van der Waals surface area contributed by atoms with Gasteiger partial charge in [-0.25, -0.2) is 9.59 Å². The average Bonchev–Trinajstić information content (AvgIpc) is 3.30. The molecule has 45 heavy (non-hydrogen) atoms. The molecule has 3 aromatic carbocycles. The van der Waals surface area contributed by atoms with Crippen molar-refractivity contribution >= 4 is 29.1 Å². The quantitative estimate of drug-likeness (QED) is 0.0801. The molecule has 0 saturated carbocycles. The van der Waals surface area contributed by atoms with Gasteiger partial charge in [0.2, 0.25) is 0 Å². The van der Waals surface area contributed by atoms with Crippen molar-refractivity contribution in [3.63, 3.8) is 0 Å². The molecule has 4 aromatic rings. The van der Waals surface area contributed by atoms with E-state index in [1.165, 1.54) is 12.7 Å². The molecule has 2 amide bonds. The van der Waals surface area contributed by atoms with E-state index >= 15 is 0 Å². The first-order chi connectivity index (χ1) is 21.8. The maximum absolute atomic E-state index is 12.5. The normalized spacial score (nSPS) is 15.5. The second-order valence-corrected chi connectivity index (χ2v) is 10.5. The monoisotopic (exact) mass is 611 g/mol. The Morgan fingerprint density at radius 3 is 2.58 bits per heavy atom. The van der Waals surface area contributed by atoms with E-state index in [1.807, 2.05) is 37.3 Å². The predicted molar refractivity (Wildman–Crippen MR) is 171 cm³/mol. The predicted octanol–water partition coefficient (Wildman–Crippen LogP) is 4.52. The maximum Gasteiger partial charge on any atom is 0.337 e. The Balaban J connectivity index is 1.28. The number of hydrazone groups is 1. The summed E-state index contributed by atoms with van der Waals surface area (Å²) in [5, 5.41) is 21.4. The van der Waals surface area contributed by atoms with Gasteiger partial charge in [0.15, 0.2) is 17.7 Å². The molecule has 1 aromatic heterocycles. The largest absolute Gasteiger partial charge is 0.490 e. The van der Waals surface area contributed by atoms with Gasteiger partial charge in [0.05, 0.1) is 31.5 Å². The van der Waals surface area contributed by atoms with Crippen molar-refractivity contribution in [2.45, 2.75) is 39.6 Å². The van der Waals surface area contributed by atoms with Gasteiger partial charge in [-0.1, -0.05) is 54.6 Å². The van der Waals surface area contributed by atoms with E-state index in [-0.39, 0.29) is 12.2 Å². The van der Waals surface area contributed by atoms with Gasteiger partial charge in [0, 0.05) is 34.4 Å². The number of aliphatic hydroxyl groups excluding tert-OH is 1. The van der Waals surface area contributed by atoms with E-state index in [4.69, 9.17) is 14.2 Å². The highest BCUT2D eigenvalue weighted by molar-refractivity contribution is 6.01. The van der Waals surface area contributed by atoms with Crippen LogP contribution in [0.4, 0.5) is 4.79 Å². The summed E-state index contributed by atoms with van der Waals surface area (Å²) in [7, 11) is 1.29. The molecule has 11 nitrogen and oxygen atoms in total. The first-order valence-electron chi connectivity index (χ1n) is 14.6. The van der Waals surface area contributed by atoms with Crippen LogP contribution in [0.3, 0.4) is 0 Å². The highest BCUT2D eigenvalue weighted by Crippen LogP contribution is 2.35. The number of carbonyl (C=O) groups is 2. The lowest BCUT2D eigenvalue weighted by Crippen LogP contribution is -2.45. The smallest absolute Gasteiger partial charge is 0.337 e. The van der Waals surface area contributed by atoms with Gasteiger partial charge in [-0.15, -0.1) is 0 Å². The molecule has 0 bridgehead atoms. The number of aliphatic hydroxyl groups is 1. The molecule has 1 aliphatic heterocycles. The molecule has 4 N–H and O–H groups in total. The van der Waals surface area contributed by atoms with Crippen LogP contribution in [0.1, 0.15) is 42.3 Å². The van der Waals surface area contributed by atoms with Gasteiger partial charge in [-0.2, -0.15) is 5.10 Å². The van der Waals surface area contributed by atoms with E-state index in [2.05, 4.69) is 56.9 Å². The Morgan fingerprint density at radius 2 is 1.82 bits per heavy atom. The van der Waals surface area contributed by atoms with Crippen molar-refractivity contribution in [2.24, 2.45) is 5.10 Å². The Labute approximate surface area is 261 Å². The molecule has 0 radical (unpaired) electrons. The van der Waals surface area contributed by atoms with E-state index < -0.39 is 24.3 Å². The third-order valence-corrected chi connectivity index (χ3v) is 7.55. The van der Waals surface area contributed by atoms with Crippen LogP contribution in [0.15, 0.2) is 89.2 Å². The Morgan fingerprint density at radius 1 is 1.07 bits per heavy atom. The molecule has 11 heteroatoms. The minimum atomic E-state index is -1.12. The molecule has 5 rings (SSSR count). The fraction of sp³-hybridized carbons (Fsp3) is 0.265. The molecule has 2 heterocycles. The minimum Gasteiger partial charge on any atom is -0.490 e. The lowest BCUT2D eigenvalue weighted by atomic mass is 9.95. The number of fused-ring (bicyclic) bond motifs is 1. The number of hydrogen-bond acceptors (Lipinski definition) is 8. The number of allylic oxidation sites excluding steroid dienone is 1. The maximum atomic E-state index is 12.5. The lowest BCUT2D eigenvalue weighted by Gasteiger charge is -2.28. The number of rotatable bonds is 12. The van der Waals surface area contributed by atoms with Crippen molar-refractivity contribution in [3.05, 3.63) is 106 Å². The van der Waals surface area contributed by atoms with E-state index in [9.17, 15) is 14.7 Å². The standard InChI is InChI=1S/C34H37N5O6/c1-5-44-29-17-24(32-31(33(41)43-4)21(2)36-34(42)37-32)15-16-28(29)45-20-30(40)38-35-18-26-22(3)39(19-23-11-7-6-8-12-23)27-14-10-9-13-25(26)27/h6-18,30,32,38,40H,5,19-20H2,1-4H3,(H2,36,37,42)/b35-18-/t30-,32-/m0/s1. The number of methoxy groups -OCH3 is 1. The molecule has 0 fully saturated rings. The van der Waals surface area contributed by atoms with Crippen LogP contribution >= 0.6 is 0 Å². The zero-order valence-electron chi connectivity index (χ0n) is 25.7. The highest BCUT2D eigenvalue weighted by atomic mass is 16.5. The highest BCUT2D eigenvalue weighted by Gasteiger charge is 2.32. The fourth-order valence-corrected chi connectivity index (χ4v) is 5.40. The molecule has 1 aliphatic rings. The Kier molecular flexibility index (Phi) is 9.69. The van der Waals surface area contributed by atoms with Crippen LogP contribution in [-0.4, -0.2) is 54.4 Å². The summed E-state index contributed by atoms with van der Waals surface area (Å²) in [4.78, 5) is 24.7. The summed E-state index contributed by atoms with van der Waals surface area (Å²) in [6, 6.07) is 22.3. The van der Waals surface area contributed by atoms with Crippen LogP contribution in [0, 0.1) is 6.92 Å². The van der Waals surface area contributed by atoms with Crippen LogP contribution in [0.5, 0.6) is 11.5 Å². The van der Waals surface area contributed by atoms with Gasteiger partial charge in [-0.05, 0) is 50.1 Å². The number of carbonyl (C=O) groups excluding carboxylic acids is 2. The second kappa shape index (κ2) is 14.0. The van der Waals surface area contributed by atoms with Crippen molar-refractivity contribution in [2.75, 3.05) is 20.3 Å². The number of nitrogens with zero attached hydrogens (tertiary/aromatic N) is 2. The van der Waals surface area contributed by atoms with E-state index in [0.29, 0.717) is 29.4 Å². The number of amides is 2. The van der Waals surface area contributed by atoms with Gasteiger partial charge in [0.25, 0.3) is 0 Å². The summed E-state index contributed by atoms with van der Waals surface area (Å²) in [5.41, 5.74) is 8.34. The first kappa shape index (κ1) is 31.1. The second-order valence-electron chi connectivity index (χ2n) is 10.5. The Bertz CT molecular complexity index is 1750.